The number of amides is 2. The van der Waals surface area contributed by atoms with E-state index in [9.17, 15) is 9.59 Å². The van der Waals surface area contributed by atoms with Crippen LogP contribution in [0.2, 0.25) is 5.02 Å². The maximum atomic E-state index is 12.7. The molecule has 5 rings (SSSR count). The lowest BCUT2D eigenvalue weighted by Gasteiger charge is -2.19. The Morgan fingerprint density at radius 3 is 2.48 bits per heavy atom. The van der Waals surface area contributed by atoms with Crippen LogP contribution in [0.5, 0.6) is 0 Å². The number of benzene rings is 1. The van der Waals surface area contributed by atoms with Gasteiger partial charge < -0.3 is 0 Å². The molecule has 2 unspecified atom stereocenters. The van der Waals surface area contributed by atoms with Crippen LogP contribution in [0.15, 0.2) is 30.5 Å². The number of nitrogens with zero attached hydrogens (tertiary/aromatic N) is 2. The molecule has 2 amide bonds. The summed E-state index contributed by atoms with van der Waals surface area (Å²) >= 11 is 7.92. The number of hydrogen-bond acceptors (Lipinski definition) is 4. The third-order valence-electron chi connectivity index (χ3n) is 6.59. The number of likely N-dealkylation sites (tertiary alicyclic amines) is 1. The first-order chi connectivity index (χ1) is 13.7. The number of thiophene rings is 1. The van der Waals surface area contributed by atoms with Crippen molar-refractivity contribution in [2.75, 3.05) is 0 Å². The second-order valence-electron chi connectivity index (χ2n) is 8.72. The van der Waals surface area contributed by atoms with Crippen molar-refractivity contribution in [3.8, 4) is 11.1 Å². The SMILES string of the molecule is Cc1cc(Cl)cc(-c2ccnc3cc(CN4C(=O)C5C(C4=O)C5(C)C)sc23)c1C. The highest BCUT2D eigenvalue weighted by Crippen LogP contribution is 2.63. The van der Waals surface area contributed by atoms with Crippen molar-refractivity contribution < 1.29 is 9.59 Å². The van der Waals surface area contributed by atoms with Crippen LogP contribution in [0.1, 0.15) is 29.9 Å². The highest BCUT2D eigenvalue weighted by atomic mass is 35.5. The average molecular weight is 425 g/mol. The fourth-order valence-corrected chi connectivity index (χ4v) is 6.09. The van der Waals surface area contributed by atoms with E-state index in [2.05, 4.69) is 18.8 Å². The molecule has 3 aromatic rings. The molecule has 4 nitrogen and oxygen atoms in total. The summed E-state index contributed by atoms with van der Waals surface area (Å²) < 4.78 is 1.05. The van der Waals surface area contributed by atoms with Gasteiger partial charge in [0.15, 0.2) is 0 Å². The fraction of sp³-hybridized carbons (Fsp3) is 0.348. The van der Waals surface area contributed by atoms with E-state index in [0.717, 1.165) is 31.8 Å². The lowest BCUT2D eigenvalue weighted by molar-refractivity contribution is -0.143. The van der Waals surface area contributed by atoms with Crippen LogP contribution in [0.4, 0.5) is 0 Å². The topological polar surface area (TPSA) is 50.3 Å². The van der Waals surface area contributed by atoms with E-state index in [1.54, 1.807) is 17.5 Å². The minimum atomic E-state index is -0.179. The van der Waals surface area contributed by atoms with Gasteiger partial charge in [0.1, 0.15) is 0 Å². The molecule has 3 heterocycles. The normalized spacial score (nSPS) is 22.4. The second kappa shape index (κ2) is 6.13. The number of carbonyl (C=O) groups is 2. The largest absolute Gasteiger partial charge is 0.277 e. The van der Waals surface area contributed by atoms with Gasteiger partial charge in [-0.15, -0.1) is 11.3 Å². The molecule has 0 bridgehead atoms. The van der Waals surface area contributed by atoms with Gasteiger partial charge in [-0.1, -0.05) is 25.4 Å². The summed E-state index contributed by atoms with van der Waals surface area (Å²) in [6.07, 6.45) is 1.80. The number of carbonyl (C=O) groups excluding carboxylic acids is 2. The highest BCUT2D eigenvalue weighted by Gasteiger charge is 2.72. The van der Waals surface area contributed by atoms with Crippen molar-refractivity contribution in [2.24, 2.45) is 17.3 Å². The summed E-state index contributed by atoms with van der Waals surface area (Å²) in [6, 6.07) is 7.95. The molecule has 29 heavy (non-hydrogen) atoms. The molecule has 0 spiro atoms. The van der Waals surface area contributed by atoms with Gasteiger partial charge in [0.05, 0.1) is 28.6 Å². The molecule has 2 atom stereocenters. The van der Waals surface area contributed by atoms with Crippen molar-refractivity contribution in [3.05, 3.63) is 51.5 Å². The second-order valence-corrected chi connectivity index (χ2v) is 10.3. The average Bonchev–Trinajstić information content (AvgIpc) is 2.93. The Morgan fingerprint density at radius 2 is 1.79 bits per heavy atom. The van der Waals surface area contributed by atoms with Gasteiger partial charge >= 0.3 is 0 Å². The molecule has 1 saturated carbocycles. The molecule has 6 heteroatoms. The number of pyridine rings is 1. The minimum Gasteiger partial charge on any atom is -0.277 e. The van der Waals surface area contributed by atoms with Crippen molar-refractivity contribution >= 4 is 45.0 Å². The van der Waals surface area contributed by atoms with Gasteiger partial charge in [-0.2, -0.15) is 0 Å². The van der Waals surface area contributed by atoms with Crippen LogP contribution in [-0.4, -0.2) is 21.7 Å². The minimum absolute atomic E-state index is 0.0306. The Bertz CT molecular complexity index is 1190. The lowest BCUT2D eigenvalue weighted by atomic mass is 9.97. The molecule has 2 aromatic heterocycles. The Kier molecular flexibility index (Phi) is 3.97. The summed E-state index contributed by atoms with van der Waals surface area (Å²) in [5.41, 5.74) is 5.20. The van der Waals surface area contributed by atoms with E-state index in [-0.39, 0.29) is 29.1 Å². The summed E-state index contributed by atoms with van der Waals surface area (Å²) in [5, 5.41) is 0.708. The van der Waals surface area contributed by atoms with Crippen LogP contribution in [-0.2, 0) is 16.1 Å². The van der Waals surface area contributed by atoms with Crippen LogP contribution in [0.3, 0.4) is 0 Å². The molecule has 1 aliphatic carbocycles. The summed E-state index contributed by atoms with van der Waals surface area (Å²) in [5.74, 6) is -0.348. The predicted molar refractivity (Wildman–Crippen MR) is 116 cm³/mol. The number of imide groups is 1. The quantitative estimate of drug-likeness (QED) is 0.531. The molecule has 1 aliphatic heterocycles. The molecule has 0 radical (unpaired) electrons. The molecular formula is C23H21ClN2O2S. The molecule has 148 valence electrons. The van der Waals surface area contributed by atoms with E-state index in [4.69, 9.17) is 11.6 Å². The monoisotopic (exact) mass is 424 g/mol. The molecular weight excluding hydrogens is 404 g/mol. The Hall–Kier alpha value is -2.24. The van der Waals surface area contributed by atoms with Crippen LogP contribution >= 0.6 is 22.9 Å². The number of aromatic nitrogens is 1. The van der Waals surface area contributed by atoms with Crippen LogP contribution in [0.25, 0.3) is 21.3 Å². The summed E-state index contributed by atoms with van der Waals surface area (Å²) in [6.45, 7) is 8.48. The molecule has 0 N–H and O–H groups in total. The van der Waals surface area contributed by atoms with Crippen LogP contribution in [0, 0.1) is 31.1 Å². The molecule has 1 saturated heterocycles. The maximum absolute atomic E-state index is 12.7. The summed E-state index contributed by atoms with van der Waals surface area (Å²) in [4.78, 5) is 32.3. The van der Waals surface area contributed by atoms with E-state index >= 15 is 0 Å². The number of hydrogen-bond donors (Lipinski definition) is 0. The lowest BCUT2D eigenvalue weighted by Crippen LogP contribution is -2.35. The highest BCUT2D eigenvalue weighted by molar-refractivity contribution is 7.19. The van der Waals surface area contributed by atoms with E-state index in [0.29, 0.717) is 11.6 Å². The van der Waals surface area contributed by atoms with Crippen molar-refractivity contribution in [1.29, 1.82) is 0 Å². The number of rotatable bonds is 3. The first-order valence-corrected chi connectivity index (χ1v) is 10.9. The number of aryl methyl sites for hydroxylation is 1. The van der Waals surface area contributed by atoms with Gasteiger partial charge in [0.2, 0.25) is 11.8 Å². The number of piperidine rings is 1. The standard InChI is InChI=1S/C23H21ClN2O2S/c1-11-7-13(24)8-16(12(11)2)15-5-6-25-17-9-14(29-20(15)17)10-26-21(27)18-19(22(26)28)23(18,3)4/h5-9,18-19H,10H2,1-4H3. The van der Waals surface area contributed by atoms with Gasteiger partial charge in [-0.25, -0.2) is 0 Å². The fourth-order valence-electron chi connectivity index (χ4n) is 4.69. The zero-order valence-electron chi connectivity index (χ0n) is 16.7. The number of fused-ring (bicyclic) bond motifs is 2. The first-order valence-electron chi connectivity index (χ1n) is 9.70. The van der Waals surface area contributed by atoms with Crippen molar-refractivity contribution in [3.63, 3.8) is 0 Å². The van der Waals surface area contributed by atoms with Crippen molar-refractivity contribution in [1.82, 2.24) is 9.88 Å². The zero-order valence-corrected chi connectivity index (χ0v) is 18.3. The van der Waals surface area contributed by atoms with Gasteiger partial charge in [-0.3, -0.25) is 19.5 Å². The van der Waals surface area contributed by atoms with E-state index in [1.165, 1.54) is 10.5 Å². The maximum Gasteiger partial charge on any atom is 0.234 e. The van der Waals surface area contributed by atoms with Gasteiger partial charge in [-0.05, 0) is 60.2 Å². The Balaban J connectivity index is 1.52. The summed E-state index contributed by atoms with van der Waals surface area (Å²) in [7, 11) is 0. The van der Waals surface area contributed by atoms with Gasteiger partial charge in [0, 0.05) is 21.7 Å². The van der Waals surface area contributed by atoms with E-state index < -0.39 is 0 Å². The third-order valence-corrected chi connectivity index (χ3v) is 7.95. The van der Waals surface area contributed by atoms with Gasteiger partial charge in [0.25, 0.3) is 0 Å². The number of halogens is 1. The molecule has 2 fully saturated rings. The predicted octanol–water partition coefficient (Wildman–Crippen LogP) is 5.37. The van der Waals surface area contributed by atoms with Crippen molar-refractivity contribution in [2.45, 2.75) is 34.2 Å². The van der Waals surface area contributed by atoms with Crippen LogP contribution < -0.4 is 0 Å². The van der Waals surface area contributed by atoms with E-state index in [1.807, 2.05) is 38.1 Å². The third kappa shape index (κ3) is 2.67. The Morgan fingerprint density at radius 1 is 1.10 bits per heavy atom. The first kappa shape index (κ1) is 18.8. The smallest absolute Gasteiger partial charge is 0.234 e. The molecule has 2 aliphatic rings. The Labute approximate surface area is 178 Å². The zero-order chi connectivity index (χ0) is 20.7. The molecule has 1 aromatic carbocycles.